The lowest BCUT2D eigenvalue weighted by Gasteiger charge is -2.14. The van der Waals surface area contributed by atoms with Crippen LogP contribution in [0.1, 0.15) is 52.4 Å². The highest BCUT2D eigenvalue weighted by atomic mass is 16.3. The van der Waals surface area contributed by atoms with Crippen LogP contribution in [-0.2, 0) is 0 Å². The van der Waals surface area contributed by atoms with Crippen LogP contribution in [0, 0.1) is 11.8 Å². The summed E-state index contributed by atoms with van der Waals surface area (Å²) in [7, 11) is 0. The molecule has 2 heteroatoms. The first kappa shape index (κ1) is 13.9. The lowest BCUT2D eigenvalue weighted by atomic mass is 9.94. The van der Waals surface area contributed by atoms with Crippen LogP contribution < -0.4 is 0 Å². The molecule has 1 atom stereocenters. The minimum Gasteiger partial charge on any atom is -0.396 e. The molecule has 14 heavy (non-hydrogen) atoms. The molecule has 0 aliphatic rings. The van der Waals surface area contributed by atoms with Gasteiger partial charge in [0, 0.05) is 13.2 Å². The minimum absolute atomic E-state index is 0.301. The van der Waals surface area contributed by atoms with Crippen molar-refractivity contribution >= 4 is 0 Å². The van der Waals surface area contributed by atoms with E-state index in [0.717, 1.165) is 38.0 Å². The van der Waals surface area contributed by atoms with Gasteiger partial charge in [0.2, 0.25) is 0 Å². The molecule has 2 N–H and O–H groups in total. The Balaban J connectivity index is 3.38. The van der Waals surface area contributed by atoms with Crippen molar-refractivity contribution in [1.29, 1.82) is 0 Å². The predicted molar refractivity (Wildman–Crippen MR) is 60.2 cm³/mol. The summed E-state index contributed by atoms with van der Waals surface area (Å²) in [5, 5.41) is 17.8. The maximum Gasteiger partial charge on any atom is 0.0459 e. The van der Waals surface area contributed by atoms with Crippen LogP contribution in [0.25, 0.3) is 0 Å². The summed E-state index contributed by atoms with van der Waals surface area (Å²) in [5.74, 6) is 1.22. The molecule has 0 aromatic heterocycles. The molecule has 0 fully saturated rings. The Morgan fingerprint density at radius 1 is 0.857 bits per heavy atom. The molecule has 0 rings (SSSR count). The molecule has 0 aliphatic heterocycles. The summed E-state index contributed by atoms with van der Waals surface area (Å²) in [6, 6.07) is 0. The van der Waals surface area contributed by atoms with E-state index in [4.69, 9.17) is 10.2 Å². The van der Waals surface area contributed by atoms with E-state index in [1.807, 2.05) is 0 Å². The fraction of sp³-hybridized carbons (Fsp3) is 1.00. The van der Waals surface area contributed by atoms with E-state index in [1.54, 1.807) is 0 Å². The molecule has 2 nitrogen and oxygen atoms in total. The molecule has 0 saturated carbocycles. The smallest absolute Gasteiger partial charge is 0.0459 e. The average Bonchev–Trinajstić information content (AvgIpc) is 2.16. The van der Waals surface area contributed by atoms with Gasteiger partial charge in [-0.05, 0) is 31.1 Å². The Hall–Kier alpha value is -0.0800. The largest absolute Gasteiger partial charge is 0.396 e. The maximum absolute atomic E-state index is 9.15. The Morgan fingerprint density at radius 3 is 2.07 bits per heavy atom. The summed E-state index contributed by atoms with van der Waals surface area (Å²) in [5.41, 5.74) is 0. The molecular weight excluding hydrogens is 176 g/mol. The van der Waals surface area contributed by atoms with Crippen LogP contribution in [0.4, 0.5) is 0 Å². The predicted octanol–water partition coefficient (Wildman–Crippen LogP) is 2.58. The molecule has 0 heterocycles. The number of rotatable bonds is 9. The van der Waals surface area contributed by atoms with Crippen LogP contribution in [0.15, 0.2) is 0 Å². The molecule has 0 spiro atoms. The summed E-state index contributed by atoms with van der Waals surface area (Å²) >= 11 is 0. The quantitative estimate of drug-likeness (QED) is 0.564. The van der Waals surface area contributed by atoms with Gasteiger partial charge in [-0.1, -0.05) is 33.1 Å². The van der Waals surface area contributed by atoms with Gasteiger partial charge in [0.15, 0.2) is 0 Å². The van der Waals surface area contributed by atoms with Crippen molar-refractivity contribution in [2.45, 2.75) is 52.4 Å². The Kier molecular flexibility index (Phi) is 9.42. The van der Waals surface area contributed by atoms with Crippen LogP contribution in [0.3, 0.4) is 0 Å². The van der Waals surface area contributed by atoms with Gasteiger partial charge in [-0.3, -0.25) is 0 Å². The fourth-order valence-corrected chi connectivity index (χ4v) is 1.62. The summed E-state index contributed by atoms with van der Waals surface area (Å²) in [6.45, 7) is 5.07. The van der Waals surface area contributed by atoms with Gasteiger partial charge in [0.25, 0.3) is 0 Å². The standard InChI is InChI=1S/C12H26O2/c1-11(2)7-8-12(10-14)6-4-3-5-9-13/h11-14H,3-10H2,1-2H3. The first-order valence-electron chi connectivity index (χ1n) is 5.92. The van der Waals surface area contributed by atoms with E-state index in [9.17, 15) is 0 Å². The lowest BCUT2D eigenvalue weighted by molar-refractivity contribution is 0.199. The average molecular weight is 202 g/mol. The summed E-state index contributed by atoms with van der Waals surface area (Å²) < 4.78 is 0. The highest BCUT2D eigenvalue weighted by Crippen LogP contribution is 2.17. The van der Waals surface area contributed by atoms with Gasteiger partial charge in [0.1, 0.15) is 0 Å². The minimum atomic E-state index is 0.301. The molecule has 86 valence electrons. The fourth-order valence-electron chi connectivity index (χ4n) is 1.62. The number of hydrogen-bond acceptors (Lipinski definition) is 2. The van der Waals surface area contributed by atoms with Crippen molar-refractivity contribution in [3.05, 3.63) is 0 Å². The molecule has 0 aromatic carbocycles. The molecule has 1 unspecified atom stereocenters. The lowest BCUT2D eigenvalue weighted by Crippen LogP contribution is -2.07. The Morgan fingerprint density at radius 2 is 1.57 bits per heavy atom. The van der Waals surface area contributed by atoms with Crippen molar-refractivity contribution in [2.24, 2.45) is 11.8 Å². The number of hydrogen-bond donors (Lipinski definition) is 2. The second-order valence-corrected chi connectivity index (χ2v) is 4.59. The van der Waals surface area contributed by atoms with Crippen LogP contribution in [0.2, 0.25) is 0 Å². The third kappa shape index (κ3) is 8.52. The van der Waals surface area contributed by atoms with Crippen molar-refractivity contribution in [3.63, 3.8) is 0 Å². The third-order valence-corrected chi connectivity index (χ3v) is 2.68. The van der Waals surface area contributed by atoms with Gasteiger partial charge in [0.05, 0.1) is 0 Å². The van der Waals surface area contributed by atoms with E-state index in [-0.39, 0.29) is 0 Å². The Bertz CT molecular complexity index is 113. The van der Waals surface area contributed by atoms with Gasteiger partial charge in [-0.25, -0.2) is 0 Å². The number of aliphatic hydroxyl groups excluding tert-OH is 2. The molecular formula is C12H26O2. The van der Waals surface area contributed by atoms with Crippen molar-refractivity contribution in [2.75, 3.05) is 13.2 Å². The van der Waals surface area contributed by atoms with Crippen molar-refractivity contribution in [3.8, 4) is 0 Å². The van der Waals surface area contributed by atoms with Crippen molar-refractivity contribution in [1.82, 2.24) is 0 Å². The summed E-state index contributed by atoms with van der Waals surface area (Å²) in [6.07, 6.45) is 6.61. The normalized spacial score (nSPS) is 13.5. The highest BCUT2D eigenvalue weighted by Gasteiger charge is 2.07. The van der Waals surface area contributed by atoms with E-state index < -0.39 is 0 Å². The molecule has 0 radical (unpaired) electrons. The van der Waals surface area contributed by atoms with Gasteiger partial charge < -0.3 is 10.2 Å². The topological polar surface area (TPSA) is 40.5 Å². The second kappa shape index (κ2) is 9.47. The molecule has 0 bridgehead atoms. The number of aliphatic hydroxyl groups is 2. The Labute approximate surface area is 88.3 Å². The zero-order valence-electron chi connectivity index (χ0n) is 9.71. The van der Waals surface area contributed by atoms with E-state index >= 15 is 0 Å². The van der Waals surface area contributed by atoms with Gasteiger partial charge in [-0.2, -0.15) is 0 Å². The zero-order chi connectivity index (χ0) is 10.8. The summed E-state index contributed by atoms with van der Waals surface area (Å²) in [4.78, 5) is 0. The van der Waals surface area contributed by atoms with Gasteiger partial charge in [-0.15, -0.1) is 0 Å². The van der Waals surface area contributed by atoms with Crippen LogP contribution >= 0.6 is 0 Å². The molecule has 0 saturated heterocycles. The van der Waals surface area contributed by atoms with Crippen LogP contribution in [0.5, 0.6) is 0 Å². The second-order valence-electron chi connectivity index (χ2n) is 4.59. The monoisotopic (exact) mass is 202 g/mol. The van der Waals surface area contributed by atoms with Crippen LogP contribution in [-0.4, -0.2) is 23.4 Å². The van der Waals surface area contributed by atoms with E-state index in [0.29, 0.717) is 19.1 Å². The first-order valence-corrected chi connectivity index (χ1v) is 5.92. The third-order valence-electron chi connectivity index (χ3n) is 2.68. The van der Waals surface area contributed by atoms with E-state index in [2.05, 4.69) is 13.8 Å². The highest BCUT2D eigenvalue weighted by molar-refractivity contribution is 4.60. The number of unbranched alkanes of at least 4 members (excludes halogenated alkanes) is 2. The van der Waals surface area contributed by atoms with Gasteiger partial charge >= 0.3 is 0 Å². The molecule has 0 aromatic rings. The van der Waals surface area contributed by atoms with E-state index in [1.165, 1.54) is 6.42 Å². The SMILES string of the molecule is CC(C)CCC(CO)CCCCCO. The first-order chi connectivity index (χ1) is 6.70. The zero-order valence-corrected chi connectivity index (χ0v) is 9.71. The molecule has 0 aliphatic carbocycles. The van der Waals surface area contributed by atoms with Crippen molar-refractivity contribution < 1.29 is 10.2 Å². The maximum atomic E-state index is 9.15. The molecule has 0 amide bonds.